The van der Waals surface area contributed by atoms with Gasteiger partial charge in [0.25, 0.3) is 5.91 Å². The smallest absolute Gasteiger partial charge is 0.257 e. The van der Waals surface area contributed by atoms with Crippen molar-refractivity contribution in [3.63, 3.8) is 0 Å². The molecular weight excluding hydrogens is 424 g/mol. The molecule has 34 heavy (non-hydrogen) atoms. The van der Waals surface area contributed by atoms with Gasteiger partial charge in [-0.25, -0.2) is 0 Å². The van der Waals surface area contributed by atoms with E-state index in [4.69, 9.17) is 0 Å². The van der Waals surface area contributed by atoms with Crippen LogP contribution in [0.5, 0.6) is 0 Å². The molecule has 2 amide bonds. The van der Waals surface area contributed by atoms with Gasteiger partial charge in [-0.05, 0) is 35.6 Å². The average molecular weight is 449 g/mol. The Bertz CT molecular complexity index is 1440. The summed E-state index contributed by atoms with van der Waals surface area (Å²) in [6.07, 6.45) is 1.70. The minimum absolute atomic E-state index is 0.0514. The van der Waals surface area contributed by atoms with E-state index in [2.05, 4.69) is 20.6 Å². The number of anilines is 2. The predicted molar refractivity (Wildman–Crippen MR) is 136 cm³/mol. The maximum atomic E-state index is 12.9. The fraction of sp³-hybridized carbons (Fsp3) is 0.143. The molecule has 0 atom stereocenters. The molecule has 0 fully saturated rings. The minimum atomic E-state index is -0.192. The quantitative estimate of drug-likeness (QED) is 0.438. The summed E-state index contributed by atoms with van der Waals surface area (Å²) in [6.45, 7) is 4.08. The number of carbonyl (C=O) groups is 2. The molecule has 3 aromatic carbocycles. The Morgan fingerprint density at radius 3 is 2.56 bits per heavy atom. The number of aliphatic imine (C=N–C) groups is 1. The lowest BCUT2D eigenvalue weighted by molar-refractivity contribution is -0.114. The molecule has 4 aromatic rings. The van der Waals surface area contributed by atoms with Crippen molar-refractivity contribution in [2.45, 2.75) is 19.8 Å². The van der Waals surface area contributed by atoms with E-state index in [1.54, 1.807) is 18.3 Å². The van der Waals surface area contributed by atoms with Gasteiger partial charge in [-0.1, -0.05) is 62.4 Å². The average Bonchev–Trinajstić information content (AvgIpc) is 3.03. The Balaban J connectivity index is 1.46. The van der Waals surface area contributed by atoms with Gasteiger partial charge in [-0.15, -0.1) is 0 Å². The Morgan fingerprint density at radius 1 is 0.971 bits per heavy atom. The highest BCUT2D eigenvalue weighted by molar-refractivity contribution is 6.23. The monoisotopic (exact) mass is 448 g/mol. The minimum Gasteiger partial charge on any atom is -0.323 e. The van der Waals surface area contributed by atoms with Crippen molar-refractivity contribution in [3.8, 4) is 0 Å². The predicted octanol–water partition coefficient (Wildman–Crippen LogP) is 5.40. The number of hydrogen-bond donors (Lipinski definition) is 2. The van der Waals surface area contributed by atoms with Crippen molar-refractivity contribution in [2.24, 2.45) is 4.99 Å². The Hall–Kier alpha value is -4.32. The summed E-state index contributed by atoms with van der Waals surface area (Å²) >= 11 is 0. The van der Waals surface area contributed by atoms with Crippen LogP contribution in [0.25, 0.3) is 10.8 Å². The first-order valence-electron chi connectivity index (χ1n) is 11.2. The van der Waals surface area contributed by atoms with Gasteiger partial charge in [0, 0.05) is 28.4 Å². The van der Waals surface area contributed by atoms with E-state index in [9.17, 15) is 9.59 Å². The summed E-state index contributed by atoms with van der Waals surface area (Å²) in [5.74, 6) is -0.193. The van der Waals surface area contributed by atoms with Gasteiger partial charge >= 0.3 is 0 Å². The van der Waals surface area contributed by atoms with Crippen molar-refractivity contribution in [2.75, 3.05) is 17.2 Å². The number of amides is 2. The van der Waals surface area contributed by atoms with Crippen LogP contribution in [0.2, 0.25) is 0 Å². The highest BCUT2D eigenvalue weighted by atomic mass is 16.2. The maximum absolute atomic E-state index is 12.9. The molecule has 5 rings (SSSR count). The zero-order valence-corrected chi connectivity index (χ0v) is 19.0. The van der Waals surface area contributed by atoms with Gasteiger partial charge in [-0.2, -0.15) is 0 Å². The van der Waals surface area contributed by atoms with Gasteiger partial charge < -0.3 is 10.6 Å². The van der Waals surface area contributed by atoms with Gasteiger partial charge in [0.1, 0.15) is 6.54 Å². The molecule has 1 aliphatic rings. The number of nitrogens with zero attached hydrogens (tertiary/aromatic N) is 2. The number of nitrogens with one attached hydrogen (secondary N) is 2. The SMILES string of the molecule is CC(C)c1ncccc1C(=O)Nc1ccc(C2=NCC(=O)Nc3c2ccc2ccccc32)cc1. The third-order valence-corrected chi connectivity index (χ3v) is 5.88. The molecule has 2 N–H and O–H groups in total. The number of hydrogen-bond acceptors (Lipinski definition) is 4. The van der Waals surface area contributed by atoms with E-state index in [0.29, 0.717) is 11.3 Å². The zero-order valence-electron chi connectivity index (χ0n) is 19.0. The Kier molecular flexibility index (Phi) is 5.64. The second kappa shape index (κ2) is 8.90. The molecule has 6 heteroatoms. The number of benzene rings is 3. The number of pyridine rings is 1. The second-order valence-corrected chi connectivity index (χ2v) is 8.54. The molecule has 1 aromatic heterocycles. The second-order valence-electron chi connectivity index (χ2n) is 8.54. The van der Waals surface area contributed by atoms with Crippen molar-refractivity contribution < 1.29 is 9.59 Å². The van der Waals surface area contributed by atoms with Crippen LogP contribution in [-0.2, 0) is 4.79 Å². The standard InChI is InChI=1S/C28H24N4O2/c1-17(2)25-23(8-5-15-29-25)28(34)31-20-12-9-19(10-13-20)26-22-14-11-18-6-3-4-7-21(18)27(22)32-24(33)16-30-26/h3-15,17H,16H2,1-2H3,(H,31,34)(H,32,33). The van der Waals surface area contributed by atoms with Gasteiger partial charge in [0.05, 0.1) is 22.7 Å². The van der Waals surface area contributed by atoms with Crippen molar-refractivity contribution in [1.29, 1.82) is 0 Å². The summed E-state index contributed by atoms with van der Waals surface area (Å²) in [5.41, 5.74) is 5.27. The lowest BCUT2D eigenvalue weighted by Crippen LogP contribution is -2.16. The van der Waals surface area contributed by atoms with Crippen LogP contribution >= 0.6 is 0 Å². The van der Waals surface area contributed by atoms with E-state index >= 15 is 0 Å². The molecule has 2 heterocycles. The van der Waals surface area contributed by atoms with Crippen molar-refractivity contribution in [3.05, 3.63) is 101 Å². The van der Waals surface area contributed by atoms with E-state index in [-0.39, 0.29) is 24.3 Å². The van der Waals surface area contributed by atoms with Crippen LogP contribution in [-0.4, -0.2) is 29.1 Å². The van der Waals surface area contributed by atoms with Crippen LogP contribution in [0, 0.1) is 0 Å². The zero-order chi connectivity index (χ0) is 23.7. The van der Waals surface area contributed by atoms with Crippen LogP contribution in [0.4, 0.5) is 11.4 Å². The largest absolute Gasteiger partial charge is 0.323 e. The Morgan fingerprint density at radius 2 is 1.76 bits per heavy atom. The molecule has 0 saturated heterocycles. The van der Waals surface area contributed by atoms with E-state index in [1.165, 1.54) is 0 Å². The summed E-state index contributed by atoms with van der Waals surface area (Å²) in [4.78, 5) is 34.2. The van der Waals surface area contributed by atoms with Crippen LogP contribution < -0.4 is 10.6 Å². The summed E-state index contributed by atoms with van der Waals surface area (Å²) in [5, 5.41) is 8.01. The van der Waals surface area contributed by atoms with Crippen LogP contribution in [0.1, 0.15) is 46.9 Å². The first-order valence-corrected chi connectivity index (χ1v) is 11.2. The fourth-order valence-corrected chi connectivity index (χ4v) is 4.24. The number of rotatable bonds is 4. The van der Waals surface area contributed by atoms with Gasteiger partial charge in [-0.3, -0.25) is 19.6 Å². The van der Waals surface area contributed by atoms with E-state index < -0.39 is 0 Å². The third kappa shape index (κ3) is 4.06. The number of aromatic nitrogens is 1. The van der Waals surface area contributed by atoms with E-state index in [0.717, 1.165) is 39.0 Å². The summed E-state index contributed by atoms with van der Waals surface area (Å²) < 4.78 is 0. The van der Waals surface area contributed by atoms with Crippen LogP contribution in [0.15, 0.2) is 84.0 Å². The van der Waals surface area contributed by atoms with Crippen molar-refractivity contribution in [1.82, 2.24) is 4.98 Å². The van der Waals surface area contributed by atoms with Gasteiger partial charge in [0.2, 0.25) is 5.91 Å². The molecule has 1 aliphatic heterocycles. The molecular formula is C28H24N4O2. The van der Waals surface area contributed by atoms with Crippen molar-refractivity contribution >= 4 is 39.7 Å². The highest BCUT2D eigenvalue weighted by Crippen LogP contribution is 2.31. The highest BCUT2D eigenvalue weighted by Gasteiger charge is 2.20. The first kappa shape index (κ1) is 21.5. The third-order valence-electron chi connectivity index (χ3n) is 5.88. The van der Waals surface area contributed by atoms with Crippen LogP contribution in [0.3, 0.4) is 0 Å². The normalized spacial score (nSPS) is 13.1. The van der Waals surface area contributed by atoms with Gasteiger partial charge in [0.15, 0.2) is 0 Å². The molecule has 0 aliphatic carbocycles. The topological polar surface area (TPSA) is 83.5 Å². The molecule has 6 nitrogen and oxygen atoms in total. The summed E-state index contributed by atoms with van der Waals surface area (Å²) in [6, 6.07) is 23.1. The maximum Gasteiger partial charge on any atom is 0.257 e. The molecule has 0 bridgehead atoms. The molecule has 0 saturated carbocycles. The Labute approximate surface area is 197 Å². The summed E-state index contributed by atoms with van der Waals surface area (Å²) in [7, 11) is 0. The molecule has 0 radical (unpaired) electrons. The number of carbonyl (C=O) groups excluding carboxylic acids is 2. The molecule has 0 unspecified atom stereocenters. The molecule has 0 spiro atoms. The first-order chi connectivity index (χ1) is 16.5. The molecule has 168 valence electrons. The number of fused-ring (bicyclic) bond motifs is 3. The lowest BCUT2D eigenvalue weighted by atomic mass is 9.96. The lowest BCUT2D eigenvalue weighted by Gasteiger charge is -2.14. The van der Waals surface area contributed by atoms with E-state index in [1.807, 2.05) is 74.5 Å². The fourth-order valence-electron chi connectivity index (χ4n) is 4.24.